The van der Waals surface area contributed by atoms with Gasteiger partial charge in [0.25, 0.3) is 0 Å². The van der Waals surface area contributed by atoms with E-state index in [1.807, 2.05) is 37.0 Å². The number of nitrogens with zero attached hydrogens (tertiary/aromatic N) is 6. The second-order valence-corrected chi connectivity index (χ2v) is 10.6. The SMILES string of the molecule is Cc1nc(N[C@@H](C)c2cccc(-c3cnc(N4CCC(O)CC4)nc3)c2)cc(-c2ccc3ncsc3c2)n1. The highest BCUT2D eigenvalue weighted by atomic mass is 32.1. The van der Waals surface area contributed by atoms with E-state index in [0.29, 0.717) is 0 Å². The summed E-state index contributed by atoms with van der Waals surface area (Å²) in [5, 5.41) is 13.3. The predicted molar refractivity (Wildman–Crippen MR) is 152 cm³/mol. The van der Waals surface area contributed by atoms with E-state index >= 15 is 0 Å². The van der Waals surface area contributed by atoms with Gasteiger partial charge in [-0.3, -0.25) is 0 Å². The fraction of sp³-hybridized carbons (Fsp3) is 0.276. The van der Waals surface area contributed by atoms with Crippen LogP contribution < -0.4 is 10.2 Å². The summed E-state index contributed by atoms with van der Waals surface area (Å²) in [6, 6.07) is 16.7. The normalized spacial score (nSPS) is 15.1. The van der Waals surface area contributed by atoms with Crippen molar-refractivity contribution in [3.8, 4) is 22.4 Å². The minimum absolute atomic E-state index is 0.0287. The van der Waals surface area contributed by atoms with E-state index in [-0.39, 0.29) is 12.1 Å². The summed E-state index contributed by atoms with van der Waals surface area (Å²) in [5.74, 6) is 2.22. The van der Waals surface area contributed by atoms with E-state index in [9.17, 15) is 5.11 Å². The number of thiazole rings is 1. The summed E-state index contributed by atoms with van der Waals surface area (Å²) in [7, 11) is 0. The minimum Gasteiger partial charge on any atom is -0.393 e. The van der Waals surface area contributed by atoms with Crippen LogP contribution in [0.5, 0.6) is 0 Å². The van der Waals surface area contributed by atoms with Gasteiger partial charge in [0.1, 0.15) is 11.6 Å². The van der Waals surface area contributed by atoms with Crippen LogP contribution in [0.15, 0.2) is 66.4 Å². The van der Waals surface area contributed by atoms with Gasteiger partial charge < -0.3 is 15.3 Å². The van der Waals surface area contributed by atoms with Crippen molar-refractivity contribution in [2.45, 2.75) is 38.8 Å². The lowest BCUT2D eigenvalue weighted by molar-refractivity contribution is 0.145. The molecule has 0 aliphatic carbocycles. The molecule has 8 nitrogen and oxygen atoms in total. The van der Waals surface area contributed by atoms with E-state index < -0.39 is 0 Å². The van der Waals surface area contributed by atoms with Gasteiger partial charge in [0.2, 0.25) is 5.95 Å². The summed E-state index contributed by atoms with van der Waals surface area (Å²) in [4.78, 5) is 25.0. The van der Waals surface area contributed by atoms with Gasteiger partial charge in [0.15, 0.2) is 0 Å². The first-order valence-electron chi connectivity index (χ1n) is 12.8. The maximum absolute atomic E-state index is 9.76. The zero-order valence-corrected chi connectivity index (χ0v) is 22.2. The van der Waals surface area contributed by atoms with E-state index in [1.165, 1.54) is 0 Å². The van der Waals surface area contributed by atoms with Crippen molar-refractivity contribution in [1.29, 1.82) is 0 Å². The molecule has 0 bridgehead atoms. The van der Waals surface area contributed by atoms with Gasteiger partial charge in [-0.2, -0.15) is 0 Å². The fourth-order valence-electron chi connectivity index (χ4n) is 4.80. The average molecular weight is 524 g/mol. The Morgan fingerprint density at radius 3 is 2.58 bits per heavy atom. The van der Waals surface area contributed by atoms with Crippen molar-refractivity contribution >= 4 is 33.3 Å². The van der Waals surface area contributed by atoms with Crippen LogP contribution >= 0.6 is 11.3 Å². The minimum atomic E-state index is -0.213. The van der Waals surface area contributed by atoms with Crippen molar-refractivity contribution in [2.75, 3.05) is 23.3 Å². The Morgan fingerprint density at radius 2 is 1.76 bits per heavy atom. The average Bonchev–Trinajstić information content (AvgIpc) is 3.41. The predicted octanol–water partition coefficient (Wildman–Crippen LogP) is 5.65. The van der Waals surface area contributed by atoms with Gasteiger partial charge in [-0.15, -0.1) is 11.3 Å². The van der Waals surface area contributed by atoms with Crippen LogP contribution in [0.2, 0.25) is 0 Å². The van der Waals surface area contributed by atoms with Gasteiger partial charge in [-0.1, -0.05) is 24.3 Å². The van der Waals surface area contributed by atoms with Gasteiger partial charge >= 0.3 is 0 Å². The lowest BCUT2D eigenvalue weighted by atomic mass is 10.0. The highest BCUT2D eigenvalue weighted by Crippen LogP contribution is 2.29. The van der Waals surface area contributed by atoms with Crippen LogP contribution in [0.3, 0.4) is 0 Å². The first kappa shape index (κ1) is 24.4. The molecule has 3 aromatic heterocycles. The number of fused-ring (bicyclic) bond motifs is 1. The summed E-state index contributed by atoms with van der Waals surface area (Å²) in [5.41, 5.74) is 7.98. The maximum Gasteiger partial charge on any atom is 0.225 e. The zero-order chi connectivity index (χ0) is 26.1. The molecule has 0 saturated carbocycles. The largest absolute Gasteiger partial charge is 0.393 e. The van der Waals surface area contributed by atoms with Crippen molar-refractivity contribution in [3.63, 3.8) is 0 Å². The molecule has 9 heteroatoms. The monoisotopic (exact) mass is 523 g/mol. The smallest absolute Gasteiger partial charge is 0.225 e. The molecule has 5 aromatic rings. The van der Waals surface area contributed by atoms with Crippen molar-refractivity contribution < 1.29 is 5.11 Å². The lowest BCUT2D eigenvalue weighted by Crippen LogP contribution is -2.36. The van der Waals surface area contributed by atoms with Crippen molar-refractivity contribution in [2.24, 2.45) is 0 Å². The third-order valence-corrected chi connectivity index (χ3v) is 7.73. The van der Waals surface area contributed by atoms with Crippen LogP contribution in [0.1, 0.15) is 37.2 Å². The van der Waals surface area contributed by atoms with Crippen LogP contribution in [0.4, 0.5) is 11.8 Å². The van der Waals surface area contributed by atoms with Crippen molar-refractivity contribution in [1.82, 2.24) is 24.9 Å². The first-order valence-corrected chi connectivity index (χ1v) is 13.7. The molecule has 2 aromatic carbocycles. The number of hydrogen-bond donors (Lipinski definition) is 2. The molecule has 0 amide bonds. The fourth-order valence-corrected chi connectivity index (χ4v) is 5.51. The number of aliphatic hydroxyl groups is 1. The third-order valence-electron chi connectivity index (χ3n) is 6.93. The lowest BCUT2D eigenvalue weighted by Gasteiger charge is -2.29. The zero-order valence-electron chi connectivity index (χ0n) is 21.4. The summed E-state index contributed by atoms with van der Waals surface area (Å²) < 4.78 is 1.14. The van der Waals surface area contributed by atoms with E-state index in [1.54, 1.807) is 11.3 Å². The van der Waals surface area contributed by atoms with E-state index in [4.69, 9.17) is 0 Å². The Kier molecular flexibility index (Phi) is 6.70. The van der Waals surface area contributed by atoms with Gasteiger partial charge in [0.05, 0.1) is 27.5 Å². The Balaban J connectivity index is 1.19. The highest BCUT2D eigenvalue weighted by Gasteiger charge is 2.19. The molecular weight excluding hydrogens is 494 g/mol. The van der Waals surface area contributed by atoms with Gasteiger partial charge in [-0.05, 0) is 56.0 Å². The number of benzene rings is 2. The maximum atomic E-state index is 9.76. The molecule has 1 aliphatic heterocycles. The topological polar surface area (TPSA) is 100.0 Å². The molecule has 38 heavy (non-hydrogen) atoms. The Morgan fingerprint density at radius 1 is 0.947 bits per heavy atom. The van der Waals surface area contributed by atoms with Crippen LogP contribution in [-0.4, -0.2) is 49.2 Å². The van der Waals surface area contributed by atoms with Crippen LogP contribution in [0, 0.1) is 6.92 Å². The Hall–Kier alpha value is -3.95. The number of hydrogen-bond acceptors (Lipinski definition) is 9. The number of piperidine rings is 1. The third kappa shape index (κ3) is 5.20. The molecule has 1 aliphatic rings. The second kappa shape index (κ2) is 10.4. The Labute approximate surface area is 225 Å². The molecule has 1 saturated heterocycles. The molecular formula is C29H29N7OS. The van der Waals surface area contributed by atoms with E-state index in [2.05, 4.69) is 78.5 Å². The van der Waals surface area contributed by atoms with Gasteiger partial charge in [0, 0.05) is 48.7 Å². The molecule has 1 atom stereocenters. The summed E-state index contributed by atoms with van der Waals surface area (Å²) in [6.45, 7) is 5.61. The van der Waals surface area contributed by atoms with Crippen LogP contribution in [-0.2, 0) is 0 Å². The van der Waals surface area contributed by atoms with Crippen molar-refractivity contribution in [3.05, 3.63) is 77.8 Å². The standard InChI is InChI=1S/C29H29N7OS/c1-18(33-28-14-26(34-19(2)35-28)22-6-7-25-27(13-22)38-17-32-25)20-4-3-5-21(12-20)23-15-30-29(31-16-23)36-10-8-24(37)9-11-36/h3-7,12-18,24,37H,8-11H2,1-2H3,(H,33,34,35)/t18-/m0/s1. The number of aryl methyl sites for hydroxylation is 1. The van der Waals surface area contributed by atoms with Gasteiger partial charge in [-0.25, -0.2) is 24.9 Å². The molecule has 0 radical (unpaired) electrons. The quantitative estimate of drug-likeness (QED) is 0.294. The molecule has 2 N–H and O–H groups in total. The molecule has 192 valence electrons. The van der Waals surface area contributed by atoms with E-state index in [0.717, 1.165) is 81.7 Å². The number of rotatable bonds is 6. The number of anilines is 2. The molecule has 1 fully saturated rings. The first-order chi connectivity index (χ1) is 18.5. The molecule has 4 heterocycles. The highest BCUT2D eigenvalue weighted by molar-refractivity contribution is 7.16. The number of aliphatic hydroxyl groups excluding tert-OH is 1. The number of aromatic nitrogens is 5. The molecule has 0 unspecified atom stereocenters. The number of nitrogens with one attached hydrogen (secondary N) is 1. The molecule has 0 spiro atoms. The van der Waals surface area contributed by atoms with Crippen LogP contribution in [0.25, 0.3) is 32.6 Å². The Bertz CT molecular complexity index is 1560. The molecule has 6 rings (SSSR count). The summed E-state index contributed by atoms with van der Waals surface area (Å²) in [6.07, 6.45) is 5.06. The summed E-state index contributed by atoms with van der Waals surface area (Å²) >= 11 is 1.63. The second-order valence-electron chi connectivity index (χ2n) is 9.70.